The SMILES string of the molecule is N/C(=N\O)c1cccc(OCC(O)COc2cccc(/C(N)=N/O)c2)c1. The van der Waals surface area contributed by atoms with Crippen molar-refractivity contribution in [1.82, 2.24) is 0 Å². The molecule has 0 heterocycles. The Kier molecular flexibility index (Phi) is 6.63. The monoisotopic (exact) mass is 360 g/mol. The van der Waals surface area contributed by atoms with E-state index in [1.165, 1.54) is 0 Å². The molecule has 2 aromatic rings. The maximum atomic E-state index is 9.99. The highest BCUT2D eigenvalue weighted by atomic mass is 16.5. The first-order chi connectivity index (χ1) is 12.5. The van der Waals surface area contributed by atoms with Gasteiger partial charge in [-0.25, -0.2) is 0 Å². The third-order valence-electron chi connectivity index (χ3n) is 3.36. The van der Waals surface area contributed by atoms with Gasteiger partial charge in [0, 0.05) is 11.1 Å². The minimum absolute atomic E-state index is 0.0143. The molecule has 0 aliphatic rings. The summed E-state index contributed by atoms with van der Waals surface area (Å²) in [5.41, 5.74) is 12.0. The van der Waals surface area contributed by atoms with E-state index < -0.39 is 6.10 Å². The van der Waals surface area contributed by atoms with Crippen molar-refractivity contribution >= 4 is 11.7 Å². The molecule has 0 unspecified atom stereocenters. The second-order valence-electron chi connectivity index (χ2n) is 5.30. The number of oxime groups is 2. The van der Waals surface area contributed by atoms with Gasteiger partial charge in [-0.1, -0.05) is 34.6 Å². The van der Waals surface area contributed by atoms with Gasteiger partial charge in [0.05, 0.1) is 0 Å². The second-order valence-corrected chi connectivity index (χ2v) is 5.30. The minimum atomic E-state index is -0.893. The Morgan fingerprint density at radius 1 is 0.846 bits per heavy atom. The van der Waals surface area contributed by atoms with Gasteiger partial charge in [0.1, 0.15) is 30.8 Å². The number of nitrogens with zero attached hydrogens (tertiary/aromatic N) is 2. The maximum absolute atomic E-state index is 9.99. The van der Waals surface area contributed by atoms with Gasteiger partial charge < -0.3 is 36.5 Å². The molecule has 9 heteroatoms. The van der Waals surface area contributed by atoms with Gasteiger partial charge >= 0.3 is 0 Å². The van der Waals surface area contributed by atoms with Gasteiger partial charge in [0.15, 0.2) is 11.7 Å². The highest BCUT2D eigenvalue weighted by Gasteiger charge is 2.09. The van der Waals surface area contributed by atoms with Crippen LogP contribution in [0.1, 0.15) is 11.1 Å². The van der Waals surface area contributed by atoms with Crippen LogP contribution >= 0.6 is 0 Å². The van der Waals surface area contributed by atoms with Crippen molar-refractivity contribution in [3.8, 4) is 11.5 Å². The van der Waals surface area contributed by atoms with E-state index in [2.05, 4.69) is 10.3 Å². The van der Waals surface area contributed by atoms with Gasteiger partial charge in [-0.05, 0) is 24.3 Å². The first kappa shape index (κ1) is 18.9. The average Bonchev–Trinajstić information content (AvgIpc) is 2.69. The van der Waals surface area contributed by atoms with Crippen LogP contribution in [0, 0.1) is 0 Å². The number of amidine groups is 2. The standard InChI is InChI=1S/C17H20N4O5/c18-16(20-23)11-3-1-5-14(7-11)25-9-13(22)10-26-15-6-2-4-12(8-15)17(19)21-24/h1-8,13,22-24H,9-10H2,(H2,18,20)(H2,19,21). The molecular formula is C17H20N4O5. The smallest absolute Gasteiger partial charge is 0.170 e. The van der Waals surface area contributed by atoms with Crippen LogP contribution in [0.2, 0.25) is 0 Å². The molecule has 0 saturated heterocycles. The summed E-state index contributed by atoms with van der Waals surface area (Å²) >= 11 is 0. The Hall–Kier alpha value is -3.46. The highest BCUT2D eigenvalue weighted by Crippen LogP contribution is 2.15. The van der Waals surface area contributed by atoms with Crippen LogP contribution in [0.15, 0.2) is 58.8 Å². The molecule has 7 N–H and O–H groups in total. The number of aliphatic hydroxyl groups excluding tert-OH is 1. The first-order valence-corrected chi connectivity index (χ1v) is 7.63. The molecule has 26 heavy (non-hydrogen) atoms. The molecule has 0 atom stereocenters. The number of aliphatic hydroxyl groups is 1. The summed E-state index contributed by atoms with van der Waals surface area (Å²) in [5, 5.41) is 33.2. The topological polar surface area (TPSA) is 156 Å². The largest absolute Gasteiger partial charge is 0.491 e. The van der Waals surface area contributed by atoms with Crippen molar-refractivity contribution in [3.05, 3.63) is 59.7 Å². The van der Waals surface area contributed by atoms with Gasteiger partial charge in [0.2, 0.25) is 0 Å². The van der Waals surface area contributed by atoms with Crippen LogP contribution < -0.4 is 20.9 Å². The summed E-state index contributed by atoms with van der Waals surface area (Å²) in [6, 6.07) is 13.2. The quantitative estimate of drug-likeness (QED) is 0.201. The van der Waals surface area contributed by atoms with E-state index in [1.54, 1.807) is 48.5 Å². The zero-order valence-electron chi connectivity index (χ0n) is 13.8. The predicted molar refractivity (Wildman–Crippen MR) is 94.9 cm³/mol. The van der Waals surface area contributed by atoms with Crippen molar-refractivity contribution in [2.75, 3.05) is 13.2 Å². The molecule has 138 valence electrons. The molecule has 0 saturated carbocycles. The van der Waals surface area contributed by atoms with E-state index in [1.807, 2.05) is 0 Å². The van der Waals surface area contributed by atoms with Gasteiger partial charge in [-0.15, -0.1) is 0 Å². The number of hydrogen-bond acceptors (Lipinski definition) is 7. The van der Waals surface area contributed by atoms with Gasteiger partial charge in [0.25, 0.3) is 0 Å². The summed E-state index contributed by atoms with van der Waals surface area (Å²) in [4.78, 5) is 0. The Labute approximate surface area is 149 Å². The molecule has 0 radical (unpaired) electrons. The maximum Gasteiger partial charge on any atom is 0.170 e. The molecule has 0 bridgehead atoms. The molecule has 2 aromatic carbocycles. The molecular weight excluding hydrogens is 340 g/mol. The Morgan fingerprint density at radius 3 is 1.65 bits per heavy atom. The summed E-state index contributed by atoms with van der Waals surface area (Å²) in [6.45, 7) is -0.0287. The fourth-order valence-corrected chi connectivity index (χ4v) is 2.04. The van der Waals surface area contributed by atoms with Crippen LogP contribution in [-0.4, -0.2) is 46.5 Å². The molecule has 0 aromatic heterocycles. The summed E-state index contributed by atoms with van der Waals surface area (Å²) in [5.74, 6) is 0.846. The Morgan fingerprint density at radius 2 is 1.27 bits per heavy atom. The lowest BCUT2D eigenvalue weighted by Gasteiger charge is -2.14. The van der Waals surface area contributed by atoms with Crippen molar-refractivity contribution in [3.63, 3.8) is 0 Å². The van der Waals surface area contributed by atoms with Crippen LogP contribution in [-0.2, 0) is 0 Å². The van der Waals surface area contributed by atoms with Gasteiger partial charge in [-0.3, -0.25) is 0 Å². The Bertz CT molecular complexity index is 729. The van der Waals surface area contributed by atoms with E-state index in [9.17, 15) is 5.11 Å². The highest BCUT2D eigenvalue weighted by molar-refractivity contribution is 5.97. The molecule has 0 aliphatic heterocycles. The lowest BCUT2D eigenvalue weighted by atomic mass is 10.2. The summed E-state index contributed by atoms with van der Waals surface area (Å²) in [6.07, 6.45) is -0.893. The fourth-order valence-electron chi connectivity index (χ4n) is 2.04. The number of nitrogens with two attached hydrogens (primary N) is 2. The van der Waals surface area contributed by atoms with Crippen molar-refractivity contribution < 1.29 is 25.0 Å². The predicted octanol–water partition coefficient (Wildman–Crippen LogP) is 0.694. The van der Waals surface area contributed by atoms with Crippen molar-refractivity contribution in [2.24, 2.45) is 21.8 Å². The number of rotatable bonds is 8. The van der Waals surface area contributed by atoms with Crippen LogP contribution in [0.4, 0.5) is 0 Å². The molecule has 0 amide bonds. The van der Waals surface area contributed by atoms with E-state index in [4.69, 9.17) is 31.4 Å². The lowest BCUT2D eigenvalue weighted by molar-refractivity contribution is 0.0626. The molecule has 9 nitrogen and oxygen atoms in total. The summed E-state index contributed by atoms with van der Waals surface area (Å²) < 4.78 is 11.0. The first-order valence-electron chi connectivity index (χ1n) is 7.63. The third-order valence-corrected chi connectivity index (χ3v) is 3.36. The normalized spacial score (nSPS) is 13.3. The Balaban J connectivity index is 1.87. The minimum Gasteiger partial charge on any atom is -0.491 e. The van der Waals surface area contributed by atoms with Crippen LogP contribution in [0.3, 0.4) is 0 Å². The molecule has 2 rings (SSSR count). The third kappa shape index (κ3) is 5.28. The van der Waals surface area contributed by atoms with E-state index in [0.29, 0.717) is 22.6 Å². The van der Waals surface area contributed by atoms with Crippen LogP contribution in [0.25, 0.3) is 0 Å². The van der Waals surface area contributed by atoms with E-state index in [0.717, 1.165) is 0 Å². The molecule has 0 aliphatic carbocycles. The number of ether oxygens (including phenoxy) is 2. The average molecular weight is 360 g/mol. The van der Waals surface area contributed by atoms with Crippen LogP contribution in [0.5, 0.6) is 11.5 Å². The lowest BCUT2D eigenvalue weighted by Crippen LogP contribution is -2.25. The van der Waals surface area contributed by atoms with Crippen molar-refractivity contribution in [2.45, 2.75) is 6.10 Å². The second kappa shape index (κ2) is 9.14. The number of hydrogen-bond donors (Lipinski definition) is 5. The molecule has 0 spiro atoms. The molecule has 0 fully saturated rings. The zero-order chi connectivity index (χ0) is 18.9. The van der Waals surface area contributed by atoms with E-state index >= 15 is 0 Å². The van der Waals surface area contributed by atoms with Crippen molar-refractivity contribution in [1.29, 1.82) is 0 Å². The number of benzene rings is 2. The summed E-state index contributed by atoms with van der Waals surface area (Å²) in [7, 11) is 0. The van der Waals surface area contributed by atoms with E-state index in [-0.39, 0.29) is 24.9 Å². The van der Waals surface area contributed by atoms with Gasteiger partial charge in [-0.2, -0.15) is 0 Å². The zero-order valence-corrected chi connectivity index (χ0v) is 13.8. The fraction of sp³-hybridized carbons (Fsp3) is 0.176.